The van der Waals surface area contributed by atoms with Crippen molar-refractivity contribution in [2.24, 2.45) is 0 Å². The second-order valence-corrected chi connectivity index (χ2v) is 8.84. The van der Waals surface area contributed by atoms with Crippen LogP contribution in [0.2, 0.25) is 0 Å². The van der Waals surface area contributed by atoms with Gasteiger partial charge in [-0.2, -0.15) is 0 Å². The molecule has 0 radical (unpaired) electrons. The maximum atomic E-state index is 13.5. The van der Waals surface area contributed by atoms with Crippen molar-refractivity contribution >= 4 is 33.1 Å². The molecule has 1 fully saturated rings. The summed E-state index contributed by atoms with van der Waals surface area (Å²) < 4.78 is 21.7. The van der Waals surface area contributed by atoms with Crippen LogP contribution in [-0.2, 0) is 6.54 Å². The number of amides is 1. The Labute approximate surface area is 190 Å². The van der Waals surface area contributed by atoms with E-state index in [9.17, 15) is 9.18 Å². The van der Waals surface area contributed by atoms with Crippen LogP contribution in [0.4, 0.5) is 10.1 Å². The van der Waals surface area contributed by atoms with E-state index in [1.165, 1.54) is 12.1 Å². The lowest BCUT2D eigenvalue weighted by atomic mass is 10.2. The summed E-state index contributed by atoms with van der Waals surface area (Å²) in [5, 5.41) is 2.04. The Morgan fingerprint density at radius 2 is 1.72 bits per heavy atom. The molecule has 1 aliphatic rings. The van der Waals surface area contributed by atoms with E-state index < -0.39 is 0 Å². The van der Waals surface area contributed by atoms with Crippen LogP contribution in [-0.4, -0.2) is 48.7 Å². The number of nitrogens with zero attached hydrogens (tertiary/aromatic N) is 3. The largest absolute Gasteiger partial charge is 0.497 e. The number of anilines is 1. The fourth-order valence-corrected chi connectivity index (χ4v) is 5.04. The average molecular weight is 450 g/mol. The minimum Gasteiger partial charge on any atom is -0.497 e. The minimum absolute atomic E-state index is 0.0462. The molecule has 0 spiro atoms. The highest BCUT2D eigenvalue weighted by Crippen LogP contribution is 2.28. The second kappa shape index (κ2) is 8.67. The first kappa shape index (κ1) is 20.6. The number of thiophene rings is 1. The van der Waals surface area contributed by atoms with Gasteiger partial charge in [-0.05, 0) is 59.5 Å². The molecule has 0 atom stereocenters. The molecule has 0 unspecified atom stereocenters. The van der Waals surface area contributed by atoms with Gasteiger partial charge < -0.3 is 19.1 Å². The Bertz CT molecular complexity index is 1220. The zero-order valence-corrected chi connectivity index (χ0v) is 18.6. The van der Waals surface area contributed by atoms with E-state index in [4.69, 9.17) is 4.74 Å². The van der Waals surface area contributed by atoms with Crippen molar-refractivity contribution in [3.63, 3.8) is 0 Å². The first-order valence-electron chi connectivity index (χ1n) is 10.6. The molecule has 0 N–H and O–H groups in total. The number of carbonyl (C=O) groups is 1. The number of rotatable bonds is 5. The SMILES string of the molecule is COc1ccc(N2CCN(C(=O)c3cc4sccc4n3Cc3ccc(F)cc3)CC2)cc1. The summed E-state index contributed by atoms with van der Waals surface area (Å²) in [7, 11) is 1.66. The quantitative estimate of drug-likeness (QED) is 0.437. The Kier molecular flexibility index (Phi) is 5.57. The van der Waals surface area contributed by atoms with Gasteiger partial charge in [0.2, 0.25) is 0 Å². The normalized spacial score (nSPS) is 14.2. The summed E-state index contributed by atoms with van der Waals surface area (Å²) in [4.78, 5) is 17.7. The minimum atomic E-state index is -0.257. The monoisotopic (exact) mass is 449 g/mol. The topological polar surface area (TPSA) is 37.7 Å². The molecule has 1 amide bonds. The van der Waals surface area contributed by atoms with Crippen LogP contribution in [0.3, 0.4) is 0 Å². The van der Waals surface area contributed by atoms with E-state index in [0.717, 1.165) is 40.3 Å². The van der Waals surface area contributed by atoms with Gasteiger partial charge in [-0.3, -0.25) is 4.79 Å². The van der Waals surface area contributed by atoms with Crippen molar-refractivity contribution in [3.05, 3.63) is 83.1 Å². The molecular weight excluding hydrogens is 425 g/mol. The number of ether oxygens (including phenoxy) is 1. The molecule has 0 bridgehead atoms. The van der Waals surface area contributed by atoms with Crippen LogP contribution in [0.1, 0.15) is 16.1 Å². The zero-order valence-electron chi connectivity index (χ0n) is 17.8. The van der Waals surface area contributed by atoms with Gasteiger partial charge in [-0.15, -0.1) is 11.3 Å². The Morgan fingerprint density at radius 3 is 2.41 bits per heavy atom. The van der Waals surface area contributed by atoms with Crippen LogP contribution >= 0.6 is 11.3 Å². The van der Waals surface area contributed by atoms with E-state index in [2.05, 4.69) is 21.6 Å². The van der Waals surface area contributed by atoms with Crippen molar-refractivity contribution in [1.29, 1.82) is 0 Å². The summed E-state index contributed by atoms with van der Waals surface area (Å²) >= 11 is 1.63. The highest BCUT2D eigenvalue weighted by Gasteiger charge is 2.26. The maximum absolute atomic E-state index is 13.5. The molecule has 0 aliphatic carbocycles. The third-order valence-electron chi connectivity index (χ3n) is 6.00. The number of carbonyl (C=O) groups excluding carboxylic acids is 1. The number of methoxy groups -OCH3 is 1. The van der Waals surface area contributed by atoms with Crippen LogP contribution in [0.15, 0.2) is 66.0 Å². The van der Waals surface area contributed by atoms with Gasteiger partial charge in [0.05, 0.1) is 17.3 Å². The number of fused-ring (bicyclic) bond motifs is 1. The molecule has 1 aliphatic heterocycles. The summed E-state index contributed by atoms with van der Waals surface area (Å²) in [5.74, 6) is 0.627. The third-order valence-corrected chi connectivity index (χ3v) is 6.85. The predicted octanol–water partition coefficient (Wildman–Crippen LogP) is 4.86. The number of halogens is 1. The number of piperazine rings is 1. The first-order valence-corrected chi connectivity index (χ1v) is 11.5. The van der Waals surface area contributed by atoms with Gasteiger partial charge in [-0.1, -0.05) is 12.1 Å². The molecule has 4 aromatic rings. The van der Waals surface area contributed by atoms with Crippen molar-refractivity contribution < 1.29 is 13.9 Å². The number of benzene rings is 2. The summed E-state index contributed by atoms with van der Waals surface area (Å²) in [6.45, 7) is 3.43. The Balaban J connectivity index is 1.33. The van der Waals surface area contributed by atoms with E-state index in [-0.39, 0.29) is 11.7 Å². The molecule has 32 heavy (non-hydrogen) atoms. The molecule has 164 valence electrons. The average Bonchev–Trinajstić information content (AvgIpc) is 3.43. The fraction of sp³-hybridized carbons (Fsp3) is 0.240. The summed E-state index contributed by atoms with van der Waals surface area (Å²) in [6, 6.07) is 18.5. The molecule has 3 heterocycles. The van der Waals surface area contributed by atoms with E-state index in [1.54, 1.807) is 30.6 Å². The highest BCUT2D eigenvalue weighted by molar-refractivity contribution is 7.17. The van der Waals surface area contributed by atoms with Crippen LogP contribution in [0, 0.1) is 5.82 Å². The first-order chi connectivity index (χ1) is 15.6. The highest BCUT2D eigenvalue weighted by atomic mass is 32.1. The standard InChI is InChI=1S/C25H24FN3O2S/c1-31-21-8-6-20(7-9-21)27-11-13-28(14-12-27)25(30)23-16-24-22(10-15-32-24)29(23)17-18-2-4-19(26)5-3-18/h2-10,15-16H,11-14,17H2,1H3. The van der Waals surface area contributed by atoms with Crippen molar-refractivity contribution in [2.75, 3.05) is 38.2 Å². The molecule has 0 saturated carbocycles. The third kappa shape index (κ3) is 3.96. The second-order valence-electron chi connectivity index (χ2n) is 7.89. The van der Waals surface area contributed by atoms with Crippen LogP contribution in [0.5, 0.6) is 5.75 Å². The summed E-state index contributed by atoms with van der Waals surface area (Å²) in [5.41, 5.74) is 3.83. The fourth-order valence-electron chi connectivity index (χ4n) is 4.22. The molecule has 5 nitrogen and oxygen atoms in total. The maximum Gasteiger partial charge on any atom is 0.270 e. The lowest BCUT2D eigenvalue weighted by Crippen LogP contribution is -2.49. The molecule has 2 aromatic heterocycles. The van der Waals surface area contributed by atoms with Crippen molar-refractivity contribution in [2.45, 2.75) is 6.54 Å². The predicted molar refractivity (Wildman–Crippen MR) is 126 cm³/mol. The summed E-state index contributed by atoms with van der Waals surface area (Å²) in [6.07, 6.45) is 0. The molecule has 5 rings (SSSR count). The van der Waals surface area contributed by atoms with Gasteiger partial charge in [0, 0.05) is 38.4 Å². The Hall–Kier alpha value is -3.32. The van der Waals surface area contributed by atoms with Gasteiger partial charge in [-0.25, -0.2) is 4.39 Å². The number of hydrogen-bond donors (Lipinski definition) is 0. The van der Waals surface area contributed by atoms with E-state index in [0.29, 0.717) is 25.3 Å². The van der Waals surface area contributed by atoms with Crippen molar-refractivity contribution in [1.82, 2.24) is 9.47 Å². The lowest BCUT2D eigenvalue weighted by molar-refractivity contribution is 0.0737. The molecule has 2 aromatic carbocycles. The van der Waals surface area contributed by atoms with E-state index >= 15 is 0 Å². The molecule has 1 saturated heterocycles. The van der Waals surface area contributed by atoms with Gasteiger partial charge in [0.25, 0.3) is 5.91 Å². The van der Waals surface area contributed by atoms with Gasteiger partial charge >= 0.3 is 0 Å². The van der Waals surface area contributed by atoms with Crippen LogP contribution < -0.4 is 9.64 Å². The van der Waals surface area contributed by atoms with Crippen molar-refractivity contribution in [3.8, 4) is 5.75 Å². The Morgan fingerprint density at radius 1 is 1.00 bits per heavy atom. The smallest absolute Gasteiger partial charge is 0.270 e. The van der Waals surface area contributed by atoms with E-state index in [1.807, 2.05) is 34.5 Å². The zero-order chi connectivity index (χ0) is 22.1. The van der Waals surface area contributed by atoms with Gasteiger partial charge in [0.1, 0.15) is 17.3 Å². The van der Waals surface area contributed by atoms with Crippen LogP contribution in [0.25, 0.3) is 10.2 Å². The molecule has 7 heteroatoms. The lowest BCUT2D eigenvalue weighted by Gasteiger charge is -2.36. The van der Waals surface area contributed by atoms with Gasteiger partial charge in [0.15, 0.2) is 0 Å². The number of hydrogen-bond acceptors (Lipinski definition) is 4. The number of aromatic nitrogens is 1. The molecular formula is C25H24FN3O2S.